The lowest BCUT2D eigenvalue weighted by molar-refractivity contribution is -0.146. The van der Waals surface area contributed by atoms with Crippen LogP contribution in [0.4, 0.5) is 10.5 Å². The van der Waals surface area contributed by atoms with Gasteiger partial charge in [0.25, 0.3) is 5.91 Å². The van der Waals surface area contributed by atoms with E-state index in [-0.39, 0.29) is 23.8 Å². The van der Waals surface area contributed by atoms with Crippen LogP contribution in [0, 0.1) is 33.6 Å². The highest BCUT2D eigenvalue weighted by molar-refractivity contribution is 6.00. The number of alkyl carbamates (subject to hydrolysis) is 1. The second kappa shape index (κ2) is 12.2. The first-order valence-corrected chi connectivity index (χ1v) is 14.0. The summed E-state index contributed by atoms with van der Waals surface area (Å²) in [6.07, 6.45) is 1.95. The molecule has 1 aliphatic carbocycles. The van der Waals surface area contributed by atoms with E-state index in [0.717, 1.165) is 52.8 Å². The maximum Gasteiger partial charge on any atom is 0.408 e. The van der Waals surface area contributed by atoms with E-state index in [0.29, 0.717) is 0 Å². The van der Waals surface area contributed by atoms with Crippen molar-refractivity contribution in [3.8, 4) is 0 Å². The largest absolute Gasteiger partial charge is 0.444 e. The third kappa shape index (κ3) is 7.40. The summed E-state index contributed by atoms with van der Waals surface area (Å²) >= 11 is 0. The molecule has 1 saturated carbocycles. The minimum atomic E-state index is -0.857. The van der Waals surface area contributed by atoms with E-state index in [1.54, 1.807) is 25.7 Å². The fraction of sp³-hybridized carbons (Fsp3) is 0.531. The fourth-order valence-corrected chi connectivity index (χ4v) is 5.04. The zero-order valence-corrected chi connectivity index (χ0v) is 25.0. The molecule has 7 nitrogen and oxygen atoms in total. The van der Waals surface area contributed by atoms with Crippen molar-refractivity contribution in [3.05, 3.63) is 64.2 Å². The Morgan fingerprint density at radius 3 is 2.05 bits per heavy atom. The van der Waals surface area contributed by atoms with Crippen LogP contribution in [0.15, 0.2) is 36.4 Å². The van der Waals surface area contributed by atoms with Gasteiger partial charge in [0.1, 0.15) is 17.7 Å². The van der Waals surface area contributed by atoms with Gasteiger partial charge in [-0.2, -0.15) is 0 Å². The van der Waals surface area contributed by atoms with Crippen molar-refractivity contribution < 1.29 is 19.1 Å². The van der Waals surface area contributed by atoms with Crippen molar-refractivity contribution in [3.63, 3.8) is 0 Å². The van der Waals surface area contributed by atoms with Crippen LogP contribution in [0.3, 0.4) is 0 Å². The number of benzene rings is 2. The first-order chi connectivity index (χ1) is 18.2. The molecular weight excluding hydrogens is 490 g/mol. The Labute approximate surface area is 233 Å². The first kappa shape index (κ1) is 30.2. The molecule has 1 aliphatic rings. The van der Waals surface area contributed by atoms with Gasteiger partial charge in [0.05, 0.1) is 0 Å². The van der Waals surface area contributed by atoms with Gasteiger partial charge in [-0.3, -0.25) is 9.59 Å². The standard InChI is InChI=1S/C32H45N3O4/c1-19(2)26(34-31(38)39-32(7,8)9)30(37)35(24-14-11-15-24)28(25-17-16-20(3)18-23(25)6)29(36)33-27-21(4)12-10-13-22(27)5/h10,12-13,16-19,24,26,28H,11,14-15H2,1-9H3,(H,33,36)(H,34,38). The summed E-state index contributed by atoms with van der Waals surface area (Å²) in [7, 11) is 0. The monoisotopic (exact) mass is 535 g/mol. The summed E-state index contributed by atoms with van der Waals surface area (Å²) in [5.74, 6) is -0.754. The van der Waals surface area contributed by atoms with Gasteiger partial charge in [0.2, 0.25) is 5.91 Å². The van der Waals surface area contributed by atoms with E-state index in [4.69, 9.17) is 4.74 Å². The molecule has 2 atom stereocenters. The molecule has 7 heteroatoms. The van der Waals surface area contributed by atoms with Crippen LogP contribution in [-0.4, -0.2) is 40.5 Å². The van der Waals surface area contributed by atoms with E-state index in [1.165, 1.54) is 0 Å². The minimum Gasteiger partial charge on any atom is -0.444 e. The molecule has 0 aromatic heterocycles. The normalized spacial score (nSPS) is 15.2. The summed E-state index contributed by atoms with van der Waals surface area (Å²) in [5.41, 5.74) is 4.77. The molecule has 1 fully saturated rings. The Morgan fingerprint density at radius 2 is 1.56 bits per heavy atom. The van der Waals surface area contributed by atoms with Crippen molar-refractivity contribution in [2.24, 2.45) is 5.92 Å². The number of ether oxygens (including phenoxy) is 1. The van der Waals surface area contributed by atoms with Crippen LogP contribution in [0.25, 0.3) is 0 Å². The average Bonchev–Trinajstić information content (AvgIpc) is 2.77. The van der Waals surface area contributed by atoms with Gasteiger partial charge in [0, 0.05) is 11.7 Å². The van der Waals surface area contributed by atoms with E-state index in [9.17, 15) is 14.4 Å². The summed E-state index contributed by atoms with van der Waals surface area (Å²) in [5, 5.41) is 5.96. The molecular formula is C32H45N3O4. The Balaban J connectivity index is 2.08. The van der Waals surface area contributed by atoms with Crippen LogP contribution in [-0.2, 0) is 14.3 Å². The third-order valence-corrected chi connectivity index (χ3v) is 7.30. The smallest absolute Gasteiger partial charge is 0.408 e. The molecule has 0 saturated heterocycles. The van der Waals surface area contributed by atoms with Crippen molar-refractivity contribution >= 4 is 23.6 Å². The Hall–Kier alpha value is -3.35. The molecule has 0 heterocycles. The molecule has 3 amide bonds. The lowest BCUT2D eigenvalue weighted by atomic mass is 9.86. The maximum absolute atomic E-state index is 14.4. The van der Waals surface area contributed by atoms with Gasteiger partial charge in [0.15, 0.2) is 0 Å². The molecule has 2 aromatic rings. The van der Waals surface area contributed by atoms with Gasteiger partial charge in [-0.05, 0) is 95.9 Å². The zero-order valence-electron chi connectivity index (χ0n) is 25.0. The summed E-state index contributed by atoms with van der Waals surface area (Å²) in [6, 6.07) is 10.0. The Kier molecular flexibility index (Phi) is 9.47. The number of carbonyl (C=O) groups is 3. The highest BCUT2D eigenvalue weighted by atomic mass is 16.6. The van der Waals surface area contributed by atoms with Crippen LogP contribution in [0.2, 0.25) is 0 Å². The van der Waals surface area contributed by atoms with E-state index < -0.39 is 23.8 Å². The second-order valence-corrected chi connectivity index (χ2v) is 12.2. The number of hydrogen-bond donors (Lipinski definition) is 2. The average molecular weight is 536 g/mol. The predicted molar refractivity (Wildman–Crippen MR) is 156 cm³/mol. The zero-order chi connectivity index (χ0) is 29.1. The fourth-order valence-electron chi connectivity index (χ4n) is 5.04. The Bertz CT molecular complexity index is 1190. The highest BCUT2D eigenvalue weighted by Crippen LogP contribution is 2.36. The quantitative estimate of drug-likeness (QED) is 0.402. The topological polar surface area (TPSA) is 87.7 Å². The highest BCUT2D eigenvalue weighted by Gasteiger charge is 2.43. The van der Waals surface area contributed by atoms with Gasteiger partial charge in [-0.1, -0.05) is 55.8 Å². The number of rotatable bonds is 8. The van der Waals surface area contributed by atoms with Crippen LogP contribution < -0.4 is 10.6 Å². The number of aryl methyl sites for hydroxylation is 4. The van der Waals surface area contributed by atoms with E-state index in [1.807, 2.05) is 77.9 Å². The summed E-state index contributed by atoms with van der Waals surface area (Å²) in [4.78, 5) is 43.1. The molecule has 3 rings (SSSR count). The number of carbonyl (C=O) groups excluding carboxylic acids is 3. The molecule has 0 spiro atoms. The van der Waals surface area contributed by atoms with Crippen molar-refractivity contribution in [2.45, 2.75) is 105 Å². The third-order valence-electron chi connectivity index (χ3n) is 7.30. The van der Waals surface area contributed by atoms with Gasteiger partial charge in [-0.15, -0.1) is 0 Å². The SMILES string of the molecule is Cc1ccc(C(C(=O)Nc2c(C)cccc2C)N(C(=O)C(NC(=O)OC(C)(C)C)C(C)C)C2CCC2)c(C)c1. The predicted octanol–water partition coefficient (Wildman–Crippen LogP) is 6.53. The number of nitrogens with zero attached hydrogens (tertiary/aromatic N) is 1. The van der Waals surface area contributed by atoms with Crippen molar-refractivity contribution in [1.82, 2.24) is 10.2 Å². The minimum absolute atomic E-state index is 0.103. The van der Waals surface area contributed by atoms with Crippen LogP contribution in [0.1, 0.15) is 87.7 Å². The molecule has 0 bridgehead atoms. The van der Waals surface area contributed by atoms with Crippen LogP contribution in [0.5, 0.6) is 0 Å². The number of nitrogens with one attached hydrogen (secondary N) is 2. The maximum atomic E-state index is 14.4. The molecule has 0 aliphatic heterocycles. The Morgan fingerprint density at radius 1 is 0.949 bits per heavy atom. The van der Waals surface area contributed by atoms with Crippen molar-refractivity contribution in [1.29, 1.82) is 0 Å². The van der Waals surface area contributed by atoms with Gasteiger partial charge < -0.3 is 20.3 Å². The number of anilines is 1. The molecule has 2 unspecified atom stereocenters. The molecule has 2 N–H and O–H groups in total. The molecule has 0 radical (unpaired) electrons. The van der Waals surface area contributed by atoms with Gasteiger partial charge >= 0.3 is 6.09 Å². The van der Waals surface area contributed by atoms with Gasteiger partial charge in [-0.25, -0.2) is 4.79 Å². The van der Waals surface area contributed by atoms with Crippen molar-refractivity contribution in [2.75, 3.05) is 5.32 Å². The summed E-state index contributed by atoms with van der Waals surface area (Å²) < 4.78 is 5.48. The molecule has 39 heavy (non-hydrogen) atoms. The first-order valence-electron chi connectivity index (χ1n) is 14.0. The molecule has 2 aromatic carbocycles. The second-order valence-electron chi connectivity index (χ2n) is 12.2. The van der Waals surface area contributed by atoms with E-state index >= 15 is 0 Å². The lowest BCUT2D eigenvalue weighted by Crippen LogP contribution is -2.58. The number of hydrogen-bond acceptors (Lipinski definition) is 4. The number of para-hydroxylation sites is 1. The number of amides is 3. The van der Waals surface area contributed by atoms with E-state index in [2.05, 4.69) is 10.6 Å². The summed E-state index contributed by atoms with van der Waals surface area (Å²) in [6.45, 7) is 17.0. The van der Waals surface area contributed by atoms with Crippen LogP contribution >= 0.6 is 0 Å². The lowest BCUT2D eigenvalue weighted by Gasteiger charge is -2.44. The molecule has 212 valence electrons.